The van der Waals surface area contributed by atoms with Gasteiger partial charge in [0, 0.05) is 0 Å². The molecule has 0 amide bonds. The number of unbranched alkanes of at least 4 members (excludes halogenated alkanes) is 5. The van der Waals surface area contributed by atoms with E-state index in [2.05, 4.69) is 6.92 Å². The standard InChI is InChI=1S/C19H38O6/c1-7-8-9-10-11-12-13-24-19(6)18(5,23)17(4,22)16(3,21)15(2,14-20)25-19/h20-23H,7-14H2,1-6H3/t15?,16-,17-,18?,19-/m1/s1. The smallest absolute Gasteiger partial charge is 0.197 e. The second kappa shape index (κ2) is 7.79. The van der Waals surface area contributed by atoms with Crippen LogP contribution >= 0.6 is 0 Å². The fourth-order valence-corrected chi connectivity index (χ4v) is 3.57. The van der Waals surface area contributed by atoms with Crippen LogP contribution in [-0.4, -0.2) is 61.8 Å². The third-order valence-corrected chi connectivity index (χ3v) is 6.41. The minimum Gasteiger partial charge on any atom is -0.393 e. The highest BCUT2D eigenvalue weighted by atomic mass is 16.7. The quantitative estimate of drug-likeness (QED) is 0.469. The lowest BCUT2D eigenvalue weighted by Gasteiger charge is -2.65. The topological polar surface area (TPSA) is 99.4 Å². The predicted octanol–water partition coefficient (Wildman–Crippen LogP) is 2.11. The average Bonchev–Trinajstić information content (AvgIpc) is 2.52. The van der Waals surface area contributed by atoms with Gasteiger partial charge in [0.2, 0.25) is 0 Å². The molecule has 0 aromatic rings. The number of aliphatic hydroxyl groups excluding tert-OH is 1. The molecule has 6 heteroatoms. The molecule has 2 unspecified atom stereocenters. The average molecular weight is 363 g/mol. The monoisotopic (exact) mass is 362 g/mol. The van der Waals surface area contributed by atoms with E-state index in [-0.39, 0.29) is 0 Å². The maximum atomic E-state index is 11.0. The molecule has 4 N–H and O–H groups in total. The molecule has 0 aliphatic carbocycles. The van der Waals surface area contributed by atoms with Crippen LogP contribution in [0.4, 0.5) is 0 Å². The maximum Gasteiger partial charge on any atom is 0.197 e. The molecule has 0 bridgehead atoms. The highest BCUT2D eigenvalue weighted by molar-refractivity contribution is 5.21. The lowest BCUT2D eigenvalue weighted by atomic mass is 9.61. The van der Waals surface area contributed by atoms with Gasteiger partial charge < -0.3 is 29.9 Å². The molecule has 1 fully saturated rings. The summed E-state index contributed by atoms with van der Waals surface area (Å²) >= 11 is 0. The highest BCUT2D eigenvalue weighted by Gasteiger charge is 2.74. The molecule has 1 aliphatic rings. The van der Waals surface area contributed by atoms with Crippen molar-refractivity contribution in [2.45, 2.75) is 108 Å². The summed E-state index contributed by atoms with van der Waals surface area (Å²) in [6.07, 6.45) is 6.58. The number of rotatable bonds is 9. The van der Waals surface area contributed by atoms with Crippen LogP contribution in [0.25, 0.3) is 0 Å². The molecule has 6 nitrogen and oxygen atoms in total. The number of hydrogen-bond donors (Lipinski definition) is 4. The Kier molecular flexibility index (Phi) is 7.10. The summed E-state index contributed by atoms with van der Waals surface area (Å²) in [7, 11) is 0. The second-order valence-electron chi connectivity index (χ2n) is 8.27. The van der Waals surface area contributed by atoms with Gasteiger partial charge in [-0.1, -0.05) is 39.0 Å². The summed E-state index contributed by atoms with van der Waals surface area (Å²) in [6.45, 7) is 9.14. The fourth-order valence-electron chi connectivity index (χ4n) is 3.57. The van der Waals surface area contributed by atoms with Crippen molar-refractivity contribution in [3.63, 3.8) is 0 Å². The van der Waals surface area contributed by atoms with E-state index < -0.39 is 34.8 Å². The van der Waals surface area contributed by atoms with Crippen molar-refractivity contribution in [1.29, 1.82) is 0 Å². The molecule has 0 radical (unpaired) electrons. The summed E-state index contributed by atoms with van der Waals surface area (Å²) < 4.78 is 11.8. The normalized spacial score (nSPS) is 44.9. The van der Waals surface area contributed by atoms with Crippen molar-refractivity contribution in [2.75, 3.05) is 13.2 Å². The van der Waals surface area contributed by atoms with Gasteiger partial charge in [-0.05, 0) is 41.0 Å². The number of ether oxygens (including phenoxy) is 2. The summed E-state index contributed by atoms with van der Waals surface area (Å²) in [5.74, 6) is -1.57. The first kappa shape index (κ1) is 22.8. The van der Waals surface area contributed by atoms with E-state index in [1.807, 2.05) is 0 Å². The van der Waals surface area contributed by atoms with E-state index in [1.54, 1.807) is 6.92 Å². The first-order valence-electron chi connectivity index (χ1n) is 9.45. The third-order valence-electron chi connectivity index (χ3n) is 6.41. The SMILES string of the molecule is CCCCCCCCO[C@]1(C)OC(C)(CO)[C@@](C)(O)[C@@](C)(O)C1(C)O. The minimum absolute atomic E-state index is 0.360. The van der Waals surface area contributed by atoms with Crippen molar-refractivity contribution in [2.24, 2.45) is 0 Å². The van der Waals surface area contributed by atoms with Gasteiger partial charge >= 0.3 is 0 Å². The summed E-state index contributed by atoms with van der Waals surface area (Å²) in [5.41, 5.74) is -7.23. The van der Waals surface area contributed by atoms with Crippen molar-refractivity contribution in [3.05, 3.63) is 0 Å². The number of aliphatic hydroxyl groups is 4. The van der Waals surface area contributed by atoms with Crippen LogP contribution in [0.5, 0.6) is 0 Å². The highest BCUT2D eigenvalue weighted by Crippen LogP contribution is 2.53. The minimum atomic E-state index is -1.97. The van der Waals surface area contributed by atoms with E-state index in [9.17, 15) is 20.4 Å². The van der Waals surface area contributed by atoms with Crippen LogP contribution < -0.4 is 0 Å². The summed E-state index contributed by atoms with van der Waals surface area (Å²) in [4.78, 5) is 0. The Morgan fingerprint density at radius 1 is 0.760 bits per heavy atom. The van der Waals surface area contributed by atoms with Crippen molar-refractivity contribution in [1.82, 2.24) is 0 Å². The molecule has 25 heavy (non-hydrogen) atoms. The van der Waals surface area contributed by atoms with Gasteiger partial charge in [0.15, 0.2) is 5.79 Å². The molecule has 1 rings (SSSR count). The van der Waals surface area contributed by atoms with E-state index in [4.69, 9.17) is 9.47 Å². The van der Waals surface area contributed by atoms with Gasteiger partial charge in [-0.15, -0.1) is 0 Å². The lowest BCUT2D eigenvalue weighted by molar-refractivity contribution is -0.457. The molecule has 1 aliphatic heterocycles. The van der Waals surface area contributed by atoms with Gasteiger partial charge in [-0.25, -0.2) is 0 Å². The van der Waals surface area contributed by atoms with E-state index in [0.717, 1.165) is 19.3 Å². The van der Waals surface area contributed by atoms with E-state index >= 15 is 0 Å². The lowest BCUT2D eigenvalue weighted by Crippen LogP contribution is -2.84. The van der Waals surface area contributed by atoms with Gasteiger partial charge in [-0.2, -0.15) is 0 Å². The largest absolute Gasteiger partial charge is 0.393 e. The molecule has 0 aromatic carbocycles. The molecule has 150 valence electrons. The maximum absolute atomic E-state index is 11.0. The Hall–Kier alpha value is -0.240. The first-order valence-corrected chi connectivity index (χ1v) is 9.45. The Bertz CT molecular complexity index is 434. The van der Waals surface area contributed by atoms with Crippen molar-refractivity contribution >= 4 is 0 Å². The molecule has 1 saturated heterocycles. The van der Waals surface area contributed by atoms with Gasteiger partial charge in [0.25, 0.3) is 0 Å². The molecular weight excluding hydrogens is 324 g/mol. The van der Waals surface area contributed by atoms with Crippen LogP contribution in [0.2, 0.25) is 0 Å². The van der Waals surface area contributed by atoms with Crippen LogP contribution in [0.3, 0.4) is 0 Å². The van der Waals surface area contributed by atoms with Crippen LogP contribution in [0.15, 0.2) is 0 Å². The summed E-state index contributed by atoms with van der Waals surface area (Å²) in [5, 5.41) is 42.6. The van der Waals surface area contributed by atoms with Crippen LogP contribution in [0, 0.1) is 0 Å². The Morgan fingerprint density at radius 3 is 1.80 bits per heavy atom. The molecule has 0 saturated carbocycles. The van der Waals surface area contributed by atoms with Gasteiger partial charge in [0.1, 0.15) is 22.4 Å². The predicted molar refractivity (Wildman–Crippen MR) is 96.2 cm³/mol. The molecular formula is C19H38O6. The van der Waals surface area contributed by atoms with Crippen molar-refractivity contribution in [3.8, 4) is 0 Å². The van der Waals surface area contributed by atoms with Gasteiger partial charge in [-0.3, -0.25) is 0 Å². The van der Waals surface area contributed by atoms with Gasteiger partial charge in [0.05, 0.1) is 13.2 Å². The van der Waals surface area contributed by atoms with Crippen molar-refractivity contribution < 1.29 is 29.9 Å². The Labute approximate surface area is 152 Å². The molecule has 0 aromatic heterocycles. The van der Waals surface area contributed by atoms with E-state index in [1.165, 1.54) is 47.0 Å². The number of hydrogen-bond acceptors (Lipinski definition) is 6. The summed E-state index contributed by atoms with van der Waals surface area (Å²) in [6, 6.07) is 0. The zero-order valence-electron chi connectivity index (χ0n) is 16.8. The third kappa shape index (κ3) is 3.75. The zero-order chi connectivity index (χ0) is 19.6. The van der Waals surface area contributed by atoms with Crippen LogP contribution in [0.1, 0.15) is 80.1 Å². The molecule has 1 heterocycles. The first-order chi connectivity index (χ1) is 11.3. The zero-order valence-corrected chi connectivity index (χ0v) is 16.8. The Morgan fingerprint density at radius 2 is 1.28 bits per heavy atom. The van der Waals surface area contributed by atoms with Crippen LogP contribution in [-0.2, 0) is 9.47 Å². The molecule has 5 atom stereocenters. The Balaban J connectivity index is 2.86. The second-order valence-corrected chi connectivity index (χ2v) is 8.27. The molecule has 0 spiro atoms. The fraction of sp³-hybridized carbons (Fsp3) is 1.00. The van der Waals surface area contributed by atoms with E-state index in [0.29, 0.717) is 6.61 Å².